The molecular weight excluding hydrogens is 208 g/mol. The molecule has 2 heteroatoms. The average molecular weight is 238 g/mol. The Hall–Kier alpha value is -0.0800. The van der Waals surface area contributed by atoms with Gasteiger partial charge in [-0.3, -0.25) is 9.80 Å². The Morgan fingerprint density at radius 2 is 2.00 bits per heavy atom. The van der Waals surface area contributed by atoms with Crippen LogP contribution >= 0.6 is 0 Å². The normalized spacial score (nSPS) is 28.2. The summed E-state index contributed by atoms with van der Waals surface area (Å²) >= 11 is 0. The van der Waals surface area contributed by atoms with E-state index in [9.17, 15) is 0 Å². The molecule has 0 spiro atoms. The SMILES string of the molecule is CCCCCCC(C)N1CCN2CCCC2C1. The van der Waals surface area contributed by atoms with Crippen LogP contribution < -0.4 is 0 Å². The van der Waals surface area contributed by atoms with Crippen molar-refractivity contribution in [1.82, 2.24) is 9.80 Å². The summed E-state index contributed by atoms with van der Waals surface area (Å²) in [5.41, 5.74) is 0. The fraction of sp³-hybridized carbons (Fsp3) is 1.00. The summed E-state index contributed by atoms with van der Waals surface area (Å²) in [4.78, 5) is 5.46. The maximum Gasteiger partial charge on any atom is 0.0224 e. The molecule has 2 rings (SSSR count). The Labute approximate surface area is 107 Å². The molecule has 0 amide bonds. The Morgan fingerprint density at radius 3 is 2.82 bits per heavy atom. The van der Waals surface area contributed by atoms with Crippen molar-refractivity contribution in [3.8, 4) is 0 Å². The number of rotatable bonds is 6. The second kappa shape index (κ2) is 6.75. The fourth-order valence-electron chi connectivity index (χ4n) is 3.46. The predicted molar refractivity (Wildman–Crippen MR) is 74.4 cm³/mol. The summed E-state index contributed by atoms with van der Waals surface area (Å²) in [6.45, 7) is 10.1. The topological polar surface area (TPSA) is 6.48 Å². The number of unbranched alkanes of at least 4 members (excludes halogenated alkanes) is 3. The number of hydrogen-bond donors (Lipinski definition) is 0. The molecule has 2 atom stereocenters. The molecule has 0 aromatic heterocycles. The van der Waals surface area contributed by atoms with Crippen LogP contribution in [-0.2, 0) is 0 Å². The lowest BCUT2D eigenvalue weighted by Gasteiger charge is -2.40. The molecule has 2 unspecified atom stereocenters. The van der Waals surface area contributed by atoms with Crippen molar-refractivity contribution in [2.45, 2.75) is 70.9 Å². The Morgan fingerprint density at radius 1 is 1.12 bits per heavy atom. The fourth-order valence-corrected chi connectivity index (χ4v) is 3.46. The third-order valence-electron chi connectivity index (χ3n) is 4.72. The van der Waals surface area contributed by atoms with E-state index in [2.05, 4.69) is 23.6 Å². The molecule has 0 aromatic carbocycles. The van der Waals surface area contributed by atoms with Crippen LogP contribution in [0.1, 0.15) is 58.8 Å². The zero-order chi connectivity index (χ0) is 12.1. The molecule has 17 heavy (non-hydrogen) atoms. The van der Waals surface area contributed by atoms with Crippen LogP contribution in [0.4, 0.5) is 0 Å². The number of fused-ring (bicyclic) bond motifs is 1. The molecule has 0 saturated carbocycles. The zero-order valence-corrected chi connectivity index (χ0v) is 11.8. The van der Waals surface area contributed by atoms with Gasteiger partial charge in [0.1, 0.15) is 0 Å². The van der Waals surface area contributed by atoms with Gasteiger partial charge in [0.2, 0.25) is 0 Å². The first-order valence-corrected chi connectivity index (χ1v) is 7.79. The van der Waals surface area contributed by atoms with Gasteiger partial charge in [0, 0.05) is 31.7 Å². The van der Waals surface area contributed by atoms with Crippen molar-refractivity contribution in [2.75, 3.05) is 26.2 Å². The van der Waals surface area contributed by atoms with E-state index in [-0.39, 0.29) is 0 Å². The minimum Gasteiger partial charge on any atom is -0.298 e. The molecule has 2 heterocycles. The average Bonchev–Trinajstić information content (AvgIpc) is 2.81. The van der Waals surface area contributed by atoms with Crippen LogP contribution in [0, 0.1) is 0 Å². The van der Waals surface area contributed by atoms with E-state index < -0.39 is 0 Å². The van der Waals surface area contributed by atoms with E-state index in [1.807, 2.05) is 0 Å². The second-order valence-electron chi connectivity index (χ2n) is 6.03. The van der Waals surface area contributed by atoms with Gasteiger partial charge >= 0.3 is 0 Å². The molecule has 0 radical (unpaired) electrons. The predicted octanol–water partition coefficient (Wildman–Crippen LogP) is 3.13. The zero-order valence-electron chi connectivity index (χ0n) is 11.8. The summed E-state index contributed by atoms with van der Waals surface area (Å²) in [5, 5.41) is 0. The molecule has 2 aliphatic heterocycles. The summed E-state index contributed by atoms with van der Waals surface area (Å²) in [7, 11) is 0. The smallest absolute Gasteiger partial charge is 0.0224 e. The summed E-state index contributed by atoms with van der Waals surface area (Å²) in [6.07, 6.45) is 9.93. The van der Waals surface area contributed by atoms with Gasteiger partial charge in [0.05, 0.1) is 0 Å². The van der Waals surface area contributed by atoms with Crippen molar-refractivity contribution in [1.29, 1.82) is 0 Å². The summed E-state index contributed by atoms with van der Waals surface area (Å²) < 4.78 is 0. The van der Waals surface area contributed by atoms with Crippen LogP contribution in [0.5, 0.6) is 0 Å². The van der Waals surface area contributed by atoms with E-state index in [1.165, 1.54) is 71.1 Å². The highest BCUT2D eigenvalue weighted by molar-refractivity contribution is 4.88. The summed E-state index contributed by atoms with van der Waals surface area (Å²) in [6, 6.07) is 1.71. The van der Waals surface area contributed by atoms with Crippen LogP contribution in [0.3, 0.4) is 0 Å². The van der Waals surface area contributed by atoms with E-state index >= 15 is 0 Å². The van der Waals surface area contributed by atoms with Crippen molar-refractivity contribution in [3.63, 3.8) is 0 Å². The molecule has 100 valence electrons. The molecular formula is C15H30N2. The van der Waals surface area contributed by atoms with E-state index in [4.69, 9.17) is 0 Å². The third kappa shape index (κ3) is 3.69. The number of piperazine rings is 1. The van der Waals surface area contributed by atoms with E-state index in [0.29, 0.717) is 0 Å². The van der Waals surface area contributed by atoms with Gasteiger partial charge in [-0.15, -0.1) is 0 Å². The van der Waals surface area contributed by atoms with Crippen molar-refractivity contribution in [2.24, 2.45) is 0 Å². The molecule has 2 saturated heterocycles. The lowest BCUT2D eigenvalue weighted by atomic mass is 10.0. The van der Waals surface area contributed by atoms with Gasteiger partial charge in [-0.25, -0.2) is 0 Å². The molecule has 0 aromatic rings. The van der Waals surface area contributed by atoms with Crippen molar-refractivity contribution >= 4 is 0 Å². The number of hydrogen-bond acceptors (Lipinski definition) is 2. The lowest BCUT2D eigenvalue weighted by Crippen LogP contribution is -2.52. The monoisotopic (exact) mass is 238 g/mol. The molecule has 0 bridgehead atoms. The van der Waals surface area contributed by atoms with E-state index in [1.54, 1.807) is 0 Å². The van der Waals surface area contributed by atoms with Crippen molar-refractivity contribution < 1.29 is 0 Å². The highest BCUT2D eigenvalue weighted by Crippen LogP contribution is 2.23. The second-order valence-corrected chi connectivity index (χ2v) is 6.03. The van der Waals surface area contributed by atoms with E-state index in [0.717, 1.165) is 12.1 Å². The van der Waals surface area contributed by atoms with Crippen LogP contribution in [0.2, 0.25) is 0 Å². The Kier molecular flexibility index (Phi) is 5.30. The standard InChI is InChI=1S/C15H30N2/c1-3-4-5-6-8-14(2)17-12-11-16-10-7-9-15(16)13-17/h14-15H,3-13H2,1-2H3. The third-order valence-corrected chi connectivity index (χ3v) is 4.72. The minimum atomic E-state index is 0.814. The lowest BCUT2D eigenvalue weighted by molar-refractivity contribution is 0.0734. The first kappa shape index (κ1) is 13.4. The highest BCUT2D eigenvalue weighted by Gasteiger charge is 2.31. The van der Waals surface area contributed by atoms with Gasteiger partial charge < -0.3 is 0 Å². The molecule has 0 N–H and O–H groups in total. The molecule has 0 aliphatic carbocycles. The first-order valence-electron chi connectivity index (χ1n) is 7.79. The largest absolute Gasteiger partial charge is 0.298 e. The van der Waals surface area contributed by atoms with Gasteiger partial charge in [-0.1, -0.05) is 32.6 Å². The maximum atomic E-state index is 2.75. The number of nitrogens with zero attached hydrogens (tertiary/aromatic N) is 2. The Balaban J connectivity index is 1.67. The van der Waals surface area contributed by atoms with Crippen LogP contribution in [0.15, 0.2) is 0 Å². The van der Waals surface area contributed by atoms with Crippen LogP contribution in [0.25, 0.3) is 0 Å². The first-order chi connectivity index (χ1) is 8.31. The highest BCUT2D eigenvalue weighted by atomic mass is 15.3. The maximum absolute atomic E-state index is 2.75. The van der Waals surface area contributed by atoms with Gasteiger partial charge in [0.15, 0.2) is 0 Å². The van der Waals surface area contributed by atoms with Crippen molar-refractivity contribution in [3.05, 3.63) is 0 Å². The van der Waals surface area contributed by atoms with Gasteiger partial charge in [-0.05, 0) is 32.7 Å². The van der Waals surface area contributed by atoms with Gasteiger partial charge in [-0.2, -0.15) is 0 Å². The quantitative estimate of drug-likeness (QED) is 0.656. The molecule has 2 fully saturated rings. The summed E-state index contributed by atoms with van der Waals surface area (Å²) in [5.74, 6) is 0. The van der Waals surface area contributed by atoms with Gasteiger partial charge in [0.25, 0.3) is 0 Å². The van der Waals surface area contributed by atoms with Crippen LogP contribution in [-0.4, -0.2) is 48.1 Å². The minimum absolute atomic E-state index is 0.814. The molecule has 2 aliphatic rings. The molecule has 2 nitrogen and oxygen atoms in total. The Bertz CT molecular complexity index is 217.